The summed E-state index contributed by atoms with van der Waals surface area (Å²) >= 11 is 0. The van der Waals surface area contributed by atoms with Crippen molar-refractivity contribution in [1.29, 1.82) is 0 Å². The van der Waals surface area contributed by atoms with Gasteiger partial charge in [0.15, 0.2) is 0 Å². The largest absolute Gasteiger partial charge is 0.481 e. The van der Waals surface area contributed by atoms with Crippen LogP contribution in [0.4, 0.5) is 0 Å². The number of hydrogen-bond donors (Lipinski definition) is 2. The Morgan fingerprint density at radius 1 is 1.38 bits per heavy atom. The summed E-state index contributed by atoms with van der Waals surface area (Å²) in [5.74, 6) is -0.146. The van der Waals surface area contributed by atoms with E-state index < -0.39 is 11.4 Å². The van der Waals surface area contributed by atoms with Gasteiger partial charge in [0.25, 0.3) is 0 Å². The molecule has 0 amide bonds. The van der Waals surface area contributed by atoms with Crippen LogP contribution in [0.5, 0.6) is 0 Å². The van der Waals surface area contributed by atoms with Crippen molar-refractivity contribution in [3.8, 4) is 11.3 Å². The van der Waals surface area contributed by atoms with Gasteiger partial charge in [-0.25, -0.2) is 0 Å². The summed E-state index contributed by atoms with van der Waals surface area (Å²) in [6, 6.07) is 11.6. The number of carboxylic acids is 1. The van der Waals surface area contributed by atoms with Crippen molar-refractivity contribution in [2.45, 2.75) is 19.3 Å². The Balaban J connectivity index is 1.81. The number of rotatable bonds is 4. The van der Waals surface area contributed by atoms with Gasteiger partial charge in [-0.15, -0.1) is 0 Å². The Morgan fingerprint density at radius 3 is 2.86 bits per heavy atom. The van der Waals surface area contributed by atoms with Crippen LogP contribution in [0.2, 0.25) is 0 Å². The molecule has 0 aliphatic carbocycles. The average molecular weight is 286 g/mol. The molecule has 0 unspecified atom stereocenters. The van der Waals surface area contributed by atoms with Gasteiger partial charge in [-0.1, -0.05) is 35.5 Å². The number of nitrogens with zero attached hydrogens (tertiary/aromatic N) is 1. The van der Waals surface area contributed by atoms with E-state index in [1.54, 1.807) is 0 Å². The van der Waals surface area contributed by atoms with E-state index in [1.165, 1.54) is 0 Å². The lowest BCUT2D eigenvalue weighted by atomic mass is 9.77. The van der Waals surface area contributed by atoms with Crippen LogP contribution in [0.3, 0.4) is 0 Å². The van der Waals surface area contributed by atoms with Gasteiger partial charge in [0.1, 0.15) is 11.5 Å². The molecular weight excluding hydrogens is 268 g/mol. The highest BCUT2D eigenvalue weighted by Crippen LogP contribution is 2.32. The second-order valence-electron chi connectivity index (χ2n) is 5.59. The molecule has 0 radical (unpaired) electrons. The fourth-order valence-corrected chi connectivity index (χ4v) is 2.85. The van der Waals surface area contributed by atoms with Crippen molar-refractivity contribution in [1.82, 2.24) is 10.5 Å². The lowest BCUT2D eigenvalue weighted by Gasteiger charge is -2.32. The zero-order chi connectivity index (χ0) is 14.7. The van der Waals surface area contributed by atoms with Crippen LogP contribution in [-0.2, 0) is 11.2 Å². The number of benzene rings is 1. The molecule has 2 aromatic rings. The van der Waals surface area contributed by atoms with E-state index in [9.17, 15) is 9.90 Å². The maximum atomic E-state index is 11.7. The van der Waals surface area contributed by atoms with Crippen molar-refractivity contribution in [2.75, 3.05) is 13.1 Å². The number of nitrogens with one attached hydrogen (secondary N) is 1. The van der Waals surface area contributed by atoms with E-state index in [2.05, 4.69) is 10.5 Å². The number of hydrogen-bond acceptors (Lipinski definition) is 4. The first-order valence-corrected chi connectivity index (χ1v) is 7.15. The highest BCUT2D eigenvalue weighted by Gasteiger charge is 2.41. The molecule has 0 saturated carbocycles. The van der Waals surface area contributed by atoms with Crippen LogP contribution >= 0.6 is 0 Å². The number of carbonyl (C=O) groups is 1. The van der Waals surface area contributed by atoms with E-state index >= 15 is 0 Å². The molecule has 110 valence electrons. The fraction of sp³-hybridized carbons (Fsp3) is 0.375. The molecule has 0 bridgehead atoms. The molecule has 21 heavy (non-hydrogen) atoms. The Kier molecular flexibility index (Phi) is 3.75. The van der Waals surface area contributed by atoms with Crippen molar-refractivity contribution in [3.05, 3.63) is 42.2 Å². The maximum Gasteiger partial charge on any atom is 0.311 e. The zero-order valence-corrected chi connectivity index (χ0v) is 11.7. The topological polar surface area (TPSA) is 75.4 Å². The quantitative estimate of drug-likeness (QED) is 0.902. The molecule has 1 saturated heterocycles. The molecule has 1 aromatic heterocycles. The van der Waals surface area contributed by atoms with Gasteiger partial charge in [-0.05, 0) is 19.4 Å². The highest BCUT2D eigenvalue weighted by molar-refractivity contribution is 5.75. The molecule has 2 heterocycles. The smallest absolute Gasteiger partial charge is 0.311 e. The summed E-state index contributed by atoms with van der Waals surface area (Å²) in [5.41, 5.74) is 0.930. The SMILES string of the molecule is O=C(O)[C@]1(Cc2cc(-c3ccccc3)no2)CCCNC1. The van der Waals surface area contributed by atoms with Gasteiger partial charge in [-0.3, -0.25) is 4.79 Å². The van der Waals surface area contributed by atoms with E-state index in [1.807, 2.05) is 36.4 Å². The van der Waals surface area contributed by atoms with E-state index in [-0.39, 0.29) is 0 Å². The molecule has 2 N–H and O–H groups in total. The van der Waals surface area contributed by atoms with Gasteiger partial charge >= 0.3 is 5.97 Å². The Hall–Kier alpha value is -2.14. The molecule has 1 atom stereocenters. The Morgan fingerprint density at radius 2 is 2.19 bits per heavy atom. The summed E-state index contributed by atoms with van der Waals surface area (Å²) in [6.45, 7) is 1.35. The standard InChI is InChI=1S/C16H18N2O3/c19-15(20)16(7-4-8-17-11-16)10-13-9-14(18-21-13)12-5-2-1-3-6-12/h1-3,5-6,9,17H,4,7-8,10-11H2,(H,19,20)/t16-/m0/s1. The predicted octanol–water partition coefficient (Wildman–Crippen LogP) is 2.34. The third-order valence-corrected chi connectivity index (χ3v) is 4.07. The van der Waals surface area contributed by atoms with Gasteiger partial charge in [-0.2, -0.15) is 0 Å². The monoisotopic (exact) mass is 286 g/mol. The normalized spacial score (nSPS) is 22.1. The third kappa shape index (κ3) is 2.83. The summed E-state index contributed by atoms with van der Waals surface area (Å²) in [6.07, 6.45) is 1.90. The summed E-state index contributed by atoms with van der Waals surface area (Å²) in [7, 11) is 0. The molecule has 5 heteroatoms. The second kappa shape index (κ2) is 5.69. The summed E-state index contributed by atoms with van der Waals surface area (Å²) in [5, 5.41) is 16.8. The number of piperidine rings is 1. The Labute approximate surface area is 123 Å². The van der Waals surface area contributed by atoms with Crippen molar-refractivity contribution < 1.29 is 14.4 Å². The molecular formula is C16H18N2O3. The lowest BCUT2D eigenvalue weighted by Crippen LogP contribution is -2.46. The average Bonchev–Trinajstić information content (AvgIpc) is 2.97. The summed E-state index contributed by atoms with van der Waals surface area (Å²) < 4.78 is 5.36. The predicted molar refractivity (Wildman–Crippen MR) is 77.8 cm³/mol. The van der Waals surface area contributed by atoms with Crippen LogP contribution < -0.4 is 5.32 Å². The van der Waals surface area contributed by atoms with Crippen LogP contribution in [-0.4, -0.2) is 29.3 Å². The molecule has 1 fully saturated rings. The summed E-state index contributed by atoms with van der Waals surface area (Å²) in [4.78, 5) is 11.7. The third-order valence-electron chi connectivity index (χ3n) is 4.07. The minimum atomic E-state index is -0.786. The van der Waals surface area contributed by atoms with Gasteiger partial charge in [0.2, 0.25) is 0 Å². The van der Waals surface area contributed by atoms with E-state index in [4.69, 9.17) is 4.52 Å². The number of aliphatic carboxylic acids is 1. The molecule has 1 aliphatic heterocycles. The minimum absolute atomic E-state index is 0.370. The second-order valence-corrected chi connectivity index (χ2v) is 5.59. The molecule has 5 nitrogen and oxygen atoms in total. The first-order valence-electron chi connectivity index (χ1n) is 7.15. The highest BCUT2D eigenvalue weighted by atomic mass is 16.5. The number of carboxylic acid groups (broad SMARTS) is 1. The fourth-order valence-electron chi connectivity index (χ4n) is 2.85. The van der Waals surface area contributed by atoms with Crippen molar-refractivity contribution in [2.24, 2.45) is 5.41 Å². The number of aromatic nitrogens is 1. The first kappa shape index (κ1) is 13.8. The van der Waals surface area contributed by atoms with Crippen LogP contribution in [0, 0.1) is 5.41 Å². The minimum Gasteiger partial charge on any atom is -0.481 e. The van der Waals surface area contributed by atoms with Gasteiger partial charge < -0.3 is 14.9 Å². The lowest BCUT2D eigenvalue weighted by molar-refractivity contribution is -0.150. The van der Waals surface area contributed by atoms with Crippen LogP contribution in [0.15, 0.2) is 40.9 Å². The molecule has 3 rings (SSSR count). The van der Waals surface area contributed by atoms with E-state index in [0.717, 1.165) is 24.2 Å². The van der Waals surface area contributed by atoms with Crippen LogP contribution in [0.1, 0.15) is 18.6 Å². The van der Waals surface area contributed by atoms with Gasteiger partial charge in [0, 0.05) is 24.6 Å². The first-order chi connectivity index (χ1) is 10.2. The molecule has 1 aliphatic rings. The molecule has 0 spiro atoms. The van der Waals surface area contributed by atoms with Crippen LogP contribution in [0.25, 0.3) is 11.3 Å². The van der Waals surface area contributed by atoms with Gasteiger partial charge in [0.05, 0.1) is 5.41 Å². The maximum absolute atomic E-state index is 11.7. The Bertz CT molecular complexity index is 615. The van der Waals surface area contributed by atoms with Crippen molar-refractivity contribution in [3.63, 3.8) is 0 Å². The van der Waals surface area contributed by atoms with Crippen molar-refractivity contribution >= 4 is 5.97 Å². The van der Waals surface area contributed by atoms with E-state index in [0.29, 0.717) is 25.1 Å². The molecule has 1 aromatic carbocycles. The zero-order valence-electron chi connectivity index (χ0n) is 11.7.